The van der Waals surface area contributed by atoms with Crippen LogP contribution in [0.4, 0.5) is 0 Å². The van der Waals surface area contributed by atoms with Gasteiger partial charge in [-0.05, 0) is 25.1 Å². The number of H-pyrrole nitrogens is 1. The summed E-state index contributed by atoms with van der Waals surface area (Å²) in [6.45, 7) is 12.2. The van der Waals surface area contributed by atoms with E-state index >= 15 is 0 Å². The Balaban J connectivity index is 2.25. The number of hydrogen-bond donors (Lipinski definition) is 2. The Labute approximate surface area is 142 Å². The Kier molecular flexibility index (Phi) is 5.24. The first kappa shape index (κ1) is 19.1. The molecule has 0 bridgehead atoms. The number of aliphatic hydroxyl groups is 1. The first-order valence-electron chi connectivity index (χ1n) is 8.22. The lowest BCUT2D eigenvalue weighted by molar-refractivity contribution is -0.0439. The quantitative estimate of drug-likeness (QED) is 0.798. The Morgan fingerprint density at radius 2 is 2.04 bits per heavy atom. The van der Waals surface area contributed by atoms with Crippen LogP contribution in [0.2, 0.25) is 18.1 Å². The van der Waals surface area contributed by atoms with Crippen molar-refractivity contribution in [2.45, 2.75) is 70.7 Å². The molecule has 1 fully saturated rings. The van der Waals surface area contributed by atoms with Crippen molar-refractivity contribution in [1.82, 2.24) is 9.55 Å². The normalized spacial score (nSPS) is 25.2. The molecule has 1 aromatic heterocycles. The van der Waals surface area contributed by atoms with Crippen molar-refractivity contribution in [3.8, 4) is 0 Å². The van der Waals surface area contributed by atoms with Gasteiger partial charge in [0.15, 0.2) is 8.32 Å². The third-order valence-electron chi connectivity index (χ3n) is 5.07. The minimum atomic E-state index is -2.03. The molecule has 2 rings (SSSR count). The Morgan fingerprint density at radius 1 is 1.42 bits per heavy atom. The van der Waals surface area contributed by atoms with E-state index in [4.69, 9.17) is 9.16 Å². The van der Waals surface area contributed by atoms with Crippen molar-refractivity contribution in [3.63, 3.8) is 0 Å². The molecule has 3 atom stereocenters. The fourth-order valence-electron chi connectivity index (χ4n) is 2.51. The van der Waals surface area contributed by atoms with E-state index in [9.17, 15) is 14.7 Å². The molecule has 2 unspecified atom stereocenters. The van der Waals surface area contributed by atoms with E-state index in [-0.39, 0.29) is 17.7 Å². The number of aliphatic hydroxyl groups excluding tert-OH is 1. The SMILES string of the molecule is Cc1cn([C@H]2CC(O[Si](C)(C)C(C)(C)C)C(CO)O2)c(=O)[nH]c1=O. The van der Waals surface area contributed by atoms with E-state index < -0.39 is 31.9 Å². The molecule has 1 aromatic rings. The number of hydrogen-bond acceptors (Lipinski definition) is 5. The first-order chi connectivity index (χ1) is 11.0. The summed E-state index contributed by atoms with van der Waals surface area (Å²) >= 11 is 0. The average molecular weight is 356 g/mol. The van der Waals surface area contributed by atoms with Crippen molar-refractivity contribution in [2.75, 3.05) is 6.61 Å². The highest BCUT2D eigenvalue weighted by Crippen LogP contribution is 2.40. The number of aromatic nitrogens is 2. The molecule has 136 valence electrons. The molecule has 1 saturated heterocycles. The van der Waals surface area contributed by atoms with Gasteiger partial charge < -0.3 is 14.3 Å². The van der Waals surface area contributed by atoms with Crippen LogP contribution in [0.15, 0.2) is 15.8 Å². The maximum atomic E-state index is 12.1. The predicted molar refractivity (Wildman–Crippen MR) is 93.7 cm³/mol. The van der Waals surface area contributed by atoms with E-state index in [2.05, 4.69) is 38.8 Å². The van der Waals surface area contributed by atoms with Crippen LogP contribution < -0.4 is 11.2 Å². The zero-order valence-corrected chi connectivity index (χ0v) is 16.3. The second-order valence-electron chi connectivity index (χ2n) is 7.94. The Morgan fingerprint density at radius 3 is 2.58 bits per heavy atom. The van der Waals surface area contributed by atoms with Crippen LogP contribution >= 0.6 is 0 Å². The van der Waals surface area contributed by atoms with E-state index in [0.717, 1.165) is 0 Å². The summed E-state index contributed by atoms with van der Waals surface area (Å²) in [4.78, 5) is 25.9. The minimum Gasteiger partial charge on any atom is -0.411 e. The molecule has 1 aliphatic rings. The third kappa shape index (κ3) is 3.71. The van der Waals surface area contributed by atoms with Crippen LogP contribution in [0.5, 0.6) is 0 Å². The van der Waals surface area contributed by atoms with Gasteiger partial charge in [-0.1, -0.05) is 20.8 Å². The van der Waals surface area contributed by atoms with Crippen LogP contribution in [0.3, 0.4) is 0 Å². The first-order valence-corrected chi connectivity index (χ1v) is 11.1. The molecule has 0 radical (unpaired) electrons. The summed E-state index contributed by atoms with van der Waals surface area (Å²) in [5.41, 5.74) is -0.477. The summed E-state index contributed by atoms with van der Waals surface area (Å²) in [5, 5.41) is 9.67. The van der Waals surface area contributed by atoms with Gasteiger partial charge in [-0.25, -0.2) is 4.79 Å². The molecule has 0 spiro atoms. The lowest BCUT2D eigenvalue weighted by atomic mass is 10.2. The van der Waals surface area contributed by atoms with Crippen molar-refractivity contribution >= 4 is 8.32 Å². The number of ether oxygens (including phenoxy) is 1. The molecular weight excluding hydrogens is 328 g/mol. The van der Waals surface area contributed by atoms with Crippen LogP contribution in [-0.4, -0.2) is 41.8 Å². The molecule has 0 aromatic carbocycles. The van der Waals surface area contributed by atoms with Gasteiger partial charge in [-0.15, -0.1) is 0 Å². The van der Waals surface area contributed by atoms with Gasteiger partial charge in [-0.3, -0.25) is 14.3 Å². The second-order valence-corrected chi connectivity index (χ2v) is 12.7. The summed E-state index contributed by atoms with van der Waals surface area (Å²) < 4.78 is 13.6. The monoisotopic (exact) mass is 356 g/mol. The highest BCUT2D eigenvalue weighted by atomic mass is 28.4. The highest BCUT2D eigenvalue weighted by molar-refractivity contribution is 6.74. The predicted octanol–water partition coefficient (Wildman–Crippen LogP) is 1.52. The van der Waals surface area contributed by atoms with Gasteiger partial charge in [0, 0.05) is 18.2 Å². The molecule has 0 amide bonds. The number of rotatable bonds is 4. The molecule has 0 aliphatic carbocycles. The van der Waals surface area contributed by atoms with Crippen LogP contribution in [-0.2, 0) is 9.16 Å². The van der Waals surface area contributed by atoms with Gasteiger partial charge in [0.2, 0.25) is 0 Å². The lowest BCUT2D eigenvalue weighted by Crippen LogP contribution is -2.46. The molecular formula is C16H28N2O5Si. The van der Waals surface area contributed by atoms with Gasteiger partial charge in [0.25, 0.3) is 5.56 Å². The lowest BCUT2D eigenvalue weighted by Gasteiger charge is -2.39. The smallest absolute Gasteiger partial charge is 0.330 e. The highest BCUT2D eigenvalue weighted by Gasteiger charge is 2.45. The topological polar surface area (TPSA) is 93.6 Å². The minimum absolute atomic E-state index is 0.0382. The molecule has 2 N–H and O–H groups in total. The molecule has 2 heterocycles. The summed E-state index contributed by atoms with van der Waals surface area (Å²) in [6, 6.07) is 0. The molecule has 1 aliphatic heterocycles. The number of nitrogens with zero attached hydrogens (tertiary/aromatic N) is 1. The van der Waals surface area contributed by atoms with E-state index in [1.165, 1.54) is 10.8 Å². The van der Waals surface area contributed by atoms with Crippen molar-refractivity contribution < 1.29 is 14.3 Å². The van der Waals surface area contributed by atoms with Gasteiger partial charge >= 0.3 is 5.69 Å². The molecule has 8 heteroatoms. The van der Waals surface area contributed by atoms with Crippen molar-refractivity contribution in [2.24, 2.45) is 0 Å². The maximum Gasteiger partial charge on any atom is 0.330 e. The van der Waals surface area contributed by atoms with E-state index in [1.807, 2.05) is 0 Å². The number of nitrogens with one attached hydrogen (secondary N) is 1. The zero-order chi connectivity index (χ0) is 18.3. The summed E-state index contributed by atoms with van der Waals surface area (Å²) in [6.07, 6.45) is 0.640. The third-order valence-corrected chi connectivity index (χ3v) is 9.57. The zero-order valence-electron chi connectivity index (χ0n) is 15.3. The van der Waals surface area contributed by atoms with Crippen molar-refractivity contribution in [1.29, 1.82) is 0 Å². The summed E-state index contributed by atoms with van der Waals surface area (Å²) in [7, 11) is -2.03. The molecule has 0 saturated carbocycles. The van der Waals surface area contributed by atoms with Gasteiger partial charge in [0.1, 0.15) is 12.3 Å². The van der Waals surface area contributed by atoms with Gasteiger partial charge in [0.05, 0.1) is 12.7 Å². The fourth-order valence-corrected chi connectivity index (χ4v) is 3.87. The number of aromatic amines is 1. The second kappa shape index (κ2) is 6.59. The summed E-state index contributed by atoms with van der Waals surface area (Å²) in [5.74, 6) is 0. The Bertz CT molecular complexity index is 704. The van der Waals surface area contributed by atoms with Crippen LogP contribution in [0.1, 0.15) is 39.0 Å². The van der Waals surface area contributed by atoms with Crippen LogP contribution in [0, 0.1) is 6.92 Å². The fraction of sp³-hybridized carbons (Fsp3) is 0.750. The van der Waals surface area contributed by atoms with E-state index in [0.29, 0.717) is 12.0 Å². The van der Waals surface area contributed by atoms with E-state index in [1.54, 1.807) is 6.92 Å². The van der Waals surface area contributed by atoms with Gasteiger partial charge in [-0.2, -0.15) is 0 Å². The van der Waals surface area contributed by atoms with Crippen molar-refractivity contribution in [3.05, 3.63) is 32.6 Å². The van der Waals surface area contributed by atoms with Crippen LogP contribution in [0.25, 0.3) is 0 Å². The standard InChI is InChI=1S/C16H28N2O5Si/c1-10-8-18(15(21)17-14(10)20)13-7-11(12(9-19)22-13)23-24(5,6)16(2,3)4/h8,11-13,19H,7,9H2,1-6H3,(H,17,20,21)/t11?,12?,13-/m1/s1. The Hall–Kier alpha value is -1.22. The molecule has 24 heavy (non-hydrogen) atoms. The average Bonchev–Trinajstić information content (AvgIpc) is 2.83. The number of aryl methyl sites for hydroxylation is 1. The largest absolute Gasteiger partial charge is 0.411 e. The maximum absolute atomic E-state index is 12.1. The molecule has 7 nitrogen and oxygen atoms in total.